The molecule has 3 aromatic carbocycles. The highest BCUT2D eigenvalue weighted by Gasteiger charge is 2.34. The van der Waals surface area contributed by atoms with Crippen molar-refractivity contribution in [2.45, 2.75) is 57.6 Å². The van der Waals surface area contributed by atoms with Gasteiger partial charge in [0.25, 0.3) is 10.0 Å². The Morgan fingerprint density at radius 3 is 2.21 bits per heavy atom. The zero-order valence-corrected chi connectivity index (χ0v) is 24.0. The molecular weight excluding hydrogens is 541 g/mol. The van der Waals surface area contributed by atoms with Gasteiger partial charge in [0.2, 0.25) is 11.8 Å². The number of nitrogens with zero attached hydrogens (tertiary/aromatic N) is 2. The van der Waals surface area contributed by atoms with E-state index in [4.69, 9.17) is 11.6 Å². The summed E-state index contributed by atoms with van der Waals surface area (Å²) in [5.74, 6) is -1.39. The molecule has 10 heteroatoms. The van der Waals surface area contributed by atoms with Crippen LogP contribution in [0.3, 0.4) is 0 Å². The molecule has 39 heavy (non-hydrogen) atoms. The van der Waals surface area contributed by atoms with Crippen LogP contribution in [-0.2, 0) is 26.2 Å². The Bertz CT molecular complexity index is 1400. The molecule has 0 aliphatic rings. The fourth-order valence-electron chi connectivity index (χ4n) is 4.08. The van der Waals surface area contributed by atoms with E-state index in [9.17, 15) is 22.4 Å². The van der Waals surface area contributed by atoms with E-state index in [-0.39, 0.29) is 35.5 Å². The quantitative estimate of drug-likeness (QED) is 0.337. The predicted octanol–water partition coefficient (Wildman–Crippen LogP) is 5.31. The van der Waals surface area contributed by atoms with Crippen LogP contribution in [0.15, 0.2) is 77.7 Å². The molecule has 0 saturated heterocycles. The fourth-order valence-corrected chi connectivity index (χ4v) is 5.67. The third kappa shape index (κ3) is 7.80. The number of rotatable bonds is 11. The smallest absolute Gasteiger partial charge is 0.264 e. The molecule has 0 saturated carbocycles. The molecule has 0 fully saturated rings. The van der Waals surface area contributed by atoms with Gasteiger partial charge in [-0.25, -0.2) is 12.8 Å². The van der Waals surface area contributed by atoms with Crippen molar-refractivity contribution < 1.29 is 22.4 Å². The van der Waals surface area contributed by atoms with Crippen LogP contribution in [0.25, 0.3) is 0 Å². The first-order valence-electron chi connectivity index (χ1n) is 12.6. The maximum Gasteiger partial charge on any atom is 0.264 e. The highest BCUT2D eigenvalue weighted by Crippen LogP contribution is 2.27. The monoisotopic (exact) mass is 573 g/mol. The molecule has 3 rings (SSSR count). The molecule has 3 aromatic rings. The fraction of sp³-hybridized carbons (Fsp3) is 0.310. The Hall–Kier alpha value is -3.43. The largest absolute Gasteiger partial charge is 0.352 e. The van der Waals surface area contributed by atoms with Gasteiger partial charge < -0.3 is 10.2 Å². The van der Waals surface area contributed by atoms with Gasteiger partial charge in [-0.1, -0.05) is 54.4 Å². The lowest BCUT2D eigenvalue weighted by Crippen LogP contribution is -2.53. The van der Waals surface area contributed by atoms with Gasteiger partial charge in [-0.2, -0.15) is 0 Å². The van der Waals surface area contributed by atoms with E-state index < -0.39 is 34.3 Å². The van der Waals surface area contributed by atoms with Crippen molar-refractivity contribution in [1.29, 1.82) is 0 Å². The molecular formula is C29H33ClFN3O4S. The second-order valence-corrected chi connectivity index (χ2v) is 11.8. The van der Waals surface area contributed by atoms with Gasteiger partial charge in [-0.3, -0.25) is 13.9 Å². The van der Waals surface area contributed by atoms with Crippen LogP contribution >= 0.6 is 11.6 Å². The zero-order chi connectivity index (χ0) is 28.7. The zero-order valence-electron chi connectivity index (χ0n) is 22.4. The SMILES string of the molecule is CC[C@@H](C(=O)NC(C)C)N(Cc1ccc(F)cc1)C(=O)CN(c1cccc(Cl)c1)S(=O)(=O)c1ccc(C)cc1. The van der Waals surface area contributed by atoms with E-state index in [1.54, 1.807) is 37.3 Å². The van der Waals surface area contributed by atoms with Crippen LogP contribution in [0, 0.1) is 12.7 Å². The van der Waals surface area contributed by atoms with Gasteiger partial charge in [-0.05, 0) is 75.2 Å². The normalized spacial score (nSPS) is 12.2. The van der Waals surface area contributed by atoms with E-state index in [1.807, 2.05) is 20.8 Å². The van der Waals surface area contributed by atoms with Crippen molar-refractivity contribution in [2.75, 3.05) is 10.8 Å². The molecule has 208 valence electrons. The minimum atomic E-state index is -4.19. The number of carbonyl (C=O) groups is 2. The number of sulfonamides is 1. The number of nitrogens with one attached hydrogen (secondary N) is 1. The molecule has 0 bridgehead atoms. The van der Waals surface area contributed by atoms with E-state index >= 15 is 0 Å². The Balaban J connectivity index is 2.06. The van der Waals surface area contributed by atoms with E-state index in [0.29, 0.717) is 10.6 Å². The van der Waals surface area contributed by atoms with Gasteiger partial charge in [0.1, 0.15) is 18.4 Å². The van der Waals surface area contributed by atoms with Gasteiger partial charge in [0.15, 0.2) is 0 Å². The summed E-state index contributed by atoms with van der Waals surface area (Å²) in [5.41, 5.74) is 1.68. The Morgan fingerprint density at radius 2 is 1.64 bits per heavy atom. The number of hydrogen-bond acceptors (Lipinski definition) is 4. The average molecular weight is 574 g/mol. The van der Waals surface area contributed by atoms with Crippen LogP contribution in [0.5, 0.6) is 0 Å². The minimum Gasteiger partial charge on any atom is -0.352 e. The maximum absolute atomic E-state index is 13.9. The molecule has 1 N–H and O–H groups in total. The van der Waals surface area contributed by atoms with Gasteiger partial charge in [0.05, 0.1) is 10.6 Å². The summed E-state index contributed by atoms with van der Waals surface area (Å²) >= 11 is 6.19. The van der Waals surface area contributed by atoms with Gasteiger partial charge in [-0.15, -0.1) is 0 Å². The van der Waals surface area contributed by atoms with Crippen LogP contribution in [0.4, 0.5) is 10.1 Å². The van der Waals surface area contributed by atoms with Crippen molar-refractivity contribution in [3.63, 3.8) is 0 Å². The lowest BCUT2D eigenvalue weighted by atomic mass is 10.1. The number of amides is 2. The summed E-state index contributed by atoms with van der Waals surface area (Å²) in [6, 6.07) is 17.1. The van der Waals surface area contributed by atoms with E-state index in [1.165, 1.54) is 47.4 Å². The Morgan fingerprint density at radius 1 is 1.00 bits per heavy atom. The van der Waals surface area contributed by atoms with Crippen molar-refractivity contribution in [1.82, 2.24) is 10.2 Å². The summed E-state index contributed by atoms with van der Waals surface area (Å²) in [6.07, 6.45) is 0.285. The first-order chi connectivity index (χ1) is 18.4. The molecule has 2 amide bonds. The highest BCUT2D eigenvalue weighted by molar-refractivity contribution is 7.92. The second-order valence-electron chi connectivity index (χ2n) is 9.54. The van der Waals surface area contributed by atoms with E-state index in [0.717, 1.165) is 9.87 Å². The average Bonchev–Trinajstić information content (AvgIpc) is 2.88. The van der Waals surface area contributed by atoms with Crippen LogP contribution in [0.2, 0.25) is 5.02 Å². The summed E-state index contributed by atoms with van der Waals surface area (Å²) < 4.78 is 42.2. The highest BCUT2D eigenvalue weighted by atomic mass is 35.5. The predicted molar refractivity (Wildman–Crippen MR) is 151 cm³/mol. The molecule has 0 unspecified atom stereocenters. The number of aryl methyl sites for hydroxylation is 1. The van der Waals surface area contributed by atoms with Crippen LogP contribution < -0.4 is 9.62 Å². The topological polar surface area (TPSA) is 86.8 Å². The number of carbonyl (C=O) groups excluding carboxylic acids is 2. The van der Waals surface area contributed by atoms with Crippen molar-refractivity contribution >= 4 is 39.1 Å². The number of benzene rings is 3. The summed E-state index contributed by atoms with van der Waals surface area (Å²) in [5, 5.41) is 3.14. The maximum atomic E-state index is 13.9. The van der Waals surface area contributed by atoms with Crippen LogP contribution in [0.1, 0.15) is 38.3 Å². The Labute approximate surface area is 234 Å². The number of anilines is 1. The van der Waals surface area contributed by atoms with Gasteiger partial charge >= 0.3 is 0 Å². The molecule has 0 aromatic heterocycles. The number of halogens is 2. The summed E-state index contributed by atoms with van der Waals surface area (Å²) in [6.45, 7) is 6.64. The van der Waals surface area contributed by atoms with Crippen LogP contribution in [-0.4, -0.2) is 43.8 Å². The number of hydrogen-bond donors (Lipinski definition) is 1. The second kappa shape index (κ2) is 13.1. The lowest BCUT2D eigenvalue weighted by Gasteiger charge is -2.33. The molecule has 1 atom stereocenters. The standard InChI is InChI=1S/C29H33ClFN3O4S/c1-5-27(29(36)32-20(2)3)33(18-22-11-13-24(31)14-12-22)28(35)19-34(25-8-6-7-23(30)17-25)39(37,38)26-15-9-21(4)10-16-26/h6-17,20,27H,5,18-19H2,1-4H3,(H,32,36)/t27-/m0/s1. The summed E-state index contributed by atoms with van der Waals surface area (Å²) in [7, 11) is -4.19. The lowest BCUT2D eigenvalue weighted by molar-refractivity contribution is -0.140. The van der Waals surface area contributed by atoms with E-state index in [2.05, 4.69) is 5.32 Å². The van der Waals surface area contributed by atoms with Crippen molar-refractivity contribution in [2.24, 2.45) is 0 Å². The third-order valence-corrected chi connectivity index (χ3v) is 8.09. The first kappa shape index (κ1) is 30.1. The minimum absolute atomic E-state index is 0.00977. The Kier molecular flexibility index (Phi) is 10.1. The molecule has 0 radical (unpaired) electrons. The van der Waals surface area contributed by atoms with Crippen molar-refractivity contribution in [3.05, 3.63) is 94.8 Å². The third-order valence-electron chi connectivity index (χ3n) is 6.07. The van der Waals surface area contributed by atoms with Gasteiger partial charge in [0, 0.05) is 17.6 Å². The van der Waals surface area contributed by atoms with Crippen molar-refractivity contribution in [3.8, 4) is 0 Å². The molecule has 0 aliphatic heterocycles. The molecule has 7 nitrogen and oxygen atoms in total. The molecule has 0 spiro atoms. The molecule has 0 aliphatic carbocycles. The summed E-state index contributed by atoms with van der Waals surface area (Å²) in [4.78, 5) is 28.4. The molecule has 0 heterocycles. The first-order valence-corrected chi connectivity index (χ1v) is 14.4.